The summed E-state index contributed by atoms with van der Waals surface area (Å²) in [4.78, 5) is 44.7. The highest BCUT2D eigenvalue weighted by molar-refractivity contribution is 8.18. The number of esters is 1. The monoisotopic (exact) mass is 430 g/mol. The zero-order valence-electron chi connectivity index (χ0n) is 15.9. The Morgan fingerprint density at radius 3 is 2.69 bits per heavy atom. The molecule has 150 valence electrons. The van der Waals surface area contributed by atoms with Gasteiger partial charge in [0.1, 0.15) is 4.88 Å². The van der Waals surface area contributed by atoms with E-state index in [4.69, 9.17) is 4.74 Å². The number of amidine groups is 1. The van der Waals surface area contributed by atoms with Crippen molar-refractivity contribution < 1.29 is 19.1 Å². The van der Waals surface area contributed by atoms with Crippen molar-refractivity contribution >= 4 is 62.9 Å². The van der Waals surface area contributed by atoms with Gasteiger partial charge in [0.05, 0.1) is 17.2 Å². The van der Waals surface area contributed by atoms with Gasteiger partial charge in [-0.05, 0) is 49.4 Å². The van der Waals surface area contributed by atoms with Crippen molar-refractivity contribution in [1.29, 1.82) is 0 Å². The lowest BCUT2D eigenvalue weighted by Crippen LogP contribution is -2.19. The summed E-state index contributed by atoms with van der Waals surface area (Å²) >= 11 is 2.30. The molecule has 1 aromatic carbocycles. The minimum absolute atomic E-state index is 0.147. The Morgan fingerprint density at radius 1 is 1.31 bits per heavy atom. The first-order chi connectivity index (χ1) is 13.9. The molecule has 1 fully saturated rings. The molecule has 29 heavy (non-hydrogen) atoms. The first kappa shape index (κ1) is 20.7. The number of carbonyl (C=O) groups excluding carboxylic acids is 3. The number of thioether (sulfide) groups is 1. The van der Waals surface area contributed by atoms with E-state index in [1.807, 2.05) is 0 Å². The summed E-state index contributed by atoms with van der Waals surface area (Å²) in [7, 11) is 0. The number of thiazole rings is 1. The van der Waals surface area contributed by atoms with Crippen LogP contribution in [0.15, 0.2) is 34.2 Å². The molecular formula is C19H18N4O4S2. The molecule has 0 unspecified atom stereocenters. The second kappa shape index (κ2) is 9.01. The lowest BCUT2D eigenvalue weighted by Gasteiger charge is -2.02. The molecule has 0 saturated carbocycles. The number of benzene rings is 1. The smallest absolute Gasteiger partial charge is 0.350 e. The minimum atomic E-state index is -0.430. The van der Waals surface area contributed by atoms with E-state index in [1.54, 1.807) is 44.2 Å². The van der Waals surface area contributed by atoms with Crippen LogP contribution in [-0.2, 0) is 14.3 Å². The second-order valence-electron chi connectivity index (χ2n) is 5.92. The van der Waals surface area contributed by atoms with Crippen LogP contribution in [0.4, 0.5) is 10.8 Å². The fourth-order valence-corrected chi connectivity index (χ4v) is 4.12. The summed E-state index contributed by atoms with van der Waals surface area (Å²) in [5.41, 5.74) is 2.03. The summed E-state index contributed by atoms with van der Waals surface area (Å²) in [6.45, 7) is 5.17. The number of anilines is 1. The van der Waals surface area contributed by atoms with Gasteiger partial charge >= 0.3 is 5.97 Å². The van der Waals surface area contributed by atoms with Crippen LogP contribution in [0.1, 0.15) is 34.8 Å². The van der Waals surface area contributed by atoms with Crippen LogP contribution in [-0.4, -0.2) is 34.5 Å². The van der Waals surface area contributed by atoms with Crippen molar-refractivity contribution in [1.82, 2.24) is 10.3 Å². The highest BCUT2D eigenvalue weighted by Crippen LogP contribution is 2.31. The summed E-state index contributed by atoms with van der Waals surface area (Å²) in [6, 6.07) is 7.12. The number of carbonyl (C=O) groups is 3. The van der Waals surface area contributed by atoms with Crippen LogP contribution in [0.3, 0.4) is 0 Å². The molecule has 2 heterocycles. The van der Waals surface area contributed by atoms with E-state index in [1.165, 1.54) is 18.7 Å². The van der Waals surface area contributed by atoms with E-state index in [2.05, 4.69) is 20.6 Å². The van der Waals surface area contributed by atoms with E-state index < -0.39 is 5.97 Å². The quantitative estimate of drug-likeness (QED) is 0.555. The summed E-state index contributed by atoms with van der Waals surface area (Å²) in [6.07, 6.45) is 1.73. The molecule has 2 aromatic rings. The number of nitrogens with zero attached hydrogens (tertiary/aromatic N) is 2. The molecule has 2 N–H and O–H groups in total. The van der Waals surface area contributed by atoms with Crippen LogP contribution < -0.4 is 10.6 Å². The van der Waals surface area contributed by atoms with E-state index in [9.17, 15) is 14.4 Å². The van der Waals surface area contributed by atoms with Gasteiger partial charge in [-0.2, -0.15) is 4.99 Å². The van der Waals surface area contributed by atoms with E-state index >= 15 is 0 Å². The van der Waals surface area contributed by atoms with Crippen molar-refractivity contribution in [2.24, 2.45) is 4.99 Å². The molecule has 1 saturated heterocycles. The zero-order valence-corrected chi connectivity index (χ0v) is 17.6. The number of hydrogen-bond donors (Lipinski definition) is 2. The summed E-state index contributed by atoms with van der Waals surface area (Å²) < 4.78 is 5.00. The van der Waals surface area contributed by atoms with Crippen molar-refractivity contribution in [3.63, 3.8) is 0 Å². The van der Waals surface area contributed by atoms with Crippen molar-refractivity contribution in [3.05, 3.63) is 45.3 Å². The Morgan fingerprint density at radius 2 is 2.03 bits per heavy atom. The Balaban J connectivity index is 1.74. The number of aromatic nitrogens is 1. The first-order valence-corrected chi connectivity index (χ1v) is 10.3. The Kier molecular flexibility index (Phi) is 6.45. The SMILES string of the molecule is CCOC(=O)c1sc(N=C2NC(=O)/C(=C/c3ccc(NC(C)=O)cc3)S2)nc1C. The van der Waals surface area contributed by atoms with Crippen LogP contribution in [0, 0.1) is 6.92 Å². The fourth-order valence-electron chi connectivity index (χ4n) is 2.40. The Hall–Kier alpha value is -2.98. The average molecular weight is 431 g/mol. The summed E-state index contributed by atoms with van der Waals surface area (Å²) in [5, 5.41) is 6.14. The predicted molar refractivity (Wildman–Crippen MR) is 114 cm³/mol. The molecule has 10 heteroatoms. The first-order valence-electron chi connectivity index (χ1n) is 8.67. The fraction of sp³-hybridized carbons (Fsp3) is 0.211. The molecule has 2 amide bonds. The van der Waals surface area contributed by atoms with Crippen molar-refractivity contribution in [3.8, 4) is 0 Å². The van der Waals surface area contributed by atoms with Crippen LogP contribution in [0.25, 0.3) is 6.08 Å². The lowest BCUT2D eigenvalue weighted by atomic mass is 10.2. The number of nitrogens with one attached hydrogen (secondary N) is 2. The van der Waals surface area contributed by atoms with Gasteiger partial charge < -0.3 is 15.4 Å². The molecule has 0 bridgehead atoms. The summed E-state index contributed by atoms with van der Waals surface area (Å²) in [5.74, 6) is -0.842. The van der Waals surface area contributed by atoms with Gasteiger partial charge in [-0.1, -0.05) is 23.5 Å². The maximum Gasteiger partial charge on any atom is 0.350 e. The normalized spacial score (nSPS) is 16.2. The van der Waals surface area contributed by atoms with Gasteiger partial charge in [-0.15, -0.1) is 0 Å². The van der Waals surface area contributed by atoms with Gasteiger partial charge in [-0.3, -0.25) is 9.59 Å². The van der Waals surface area contributed by atoms with Crippen LogP contribution >= 0.6 is 23.1 Å². The number of hydrogen-bond acceptors (Lipinski definition) is 8. The topological polar surface area (TPSA) is 110 Å². The minimum Gasteiger partial charge on any atom is -0.462 e. The zero-order chi connectivity index (χ0) is 21.0. The van der Waals surface area contributed by atoms with E-state index in [0.29, 0.717) is 31.5 Å². The van der Waals surface area contributed by atoms with Gasteiger partial charge in [0.2, 0.25) is 11.0 Å². The lowest BCUT2D eigenvalue weighted by molar-refractivity contribution is -0.115. The van der Waals surface area contributed by atoms with Gasteiger partial charge in [0, 0.05) is 12.6 Å². The standard InChI is InChI=1S/C19H18N4O4S2/c1-4-27-17(26)15-10(2)20-18(29-15)23-19-22-16(25)14(28-19)9-12-5-7-13(8-6-12)21-11(3)24/h5-9H,4H2,1-3H3,(H,21,24)(H,20,22,23,25)/b14-9-. The molecule has 1 aromatic heterocycles. The second-order valence-corrected chi connectivity index (χ2v) is 7.92. The van der Waals surface area contributed by atoms with Crippen LogP contribution in [0.2, 0.25) is 0 Å². The molecule has 8 nitrogen and oxygen atoms in total. The maximum atomic E-state index is 12.2. The van der Waals surface area contributed by atoms with Gasteiger partial charge in [0.15, 0.2) is 5.17 Å². The Labute approximate surface area is 175 Å². The third kappa shape index (κ3) is 5.30. The maximum absolute atomic E-state index is 12.2. The molecule has 1 aliphatic heterocycles. The predicted octanol–water partition coefficient (Wildman–Crippen LogP) is 3.48. The highest BCUT2D eigenvalue weighted by atomic mass is 32.2. The number of ether oxygens (including phenoxy) is 1. The average Bonchev–Trinajstić information content (AvgIpc) is 3.18. The number of rotatable bonds is 5. The number of amides is 2. The van der Waals surface area contributed by atoms with Crippen molar-refractivity contribution in [2.75, 3.05) is 11.9 Å². The third-order valence-corrected chi connectivity index (χ3v) is 5.56. The molecular weight excluding hydrogens is 412 g/mol. The molecule has 0 spiro atoms. The van der Waals surface area contributed by atoms with Gasteiger partial charge in [0.25, 0.3) is 5.91 Å². The van der Waals surface area contributed by atoms with Crippen LogP contribution in [0.5, 0.6) is 0 Å². The molecule has 1 aliphatic rings. The molecule has 0 aliphatic carbocycles. The largest absolute Gasteiger partial charge is 0.462 e. The molecule has 0 radical (unpaired) electrons. The molecule has 3 rings (SSSR count). The molecule has 0 atom stereocenters. The van der Waals surface area contributed by atoms with E-state index in [-0.39, 0.29) is 18.4 Å². The third-order valence-electron chi connectivity index (χ3n) is 3.62. The Bertz CT molecular complexity index is 1030. The van der Waals surface area contributed by atoms with Crippen molar-refractivity contribution in [2.45, 2.75) is 20.8 Å². The number of aryl methyl sites for hydroxylation is 1. The number of aliphatic imine (C=N–C) groups is 1. The highest BCUT2D eigenvalue weighted by Gasteiger charge is 2.25. The van der Waals surface area contributed by atoms with Gasteiger partial charge in [-0.25, -0.2) is 9.78 Å². The van der Waals surface area contributed by atoms with E-state index in [0.717, 1.165) is 16.9 Å².